The van der Waals surface area contributed by atoms with Gasteiger partial charge in [-0.2, -0.15) is 0 Å². The molecule has 3 heterocycles. The van der Waals surface area contributed by atoms with Crippen molar-refractivity contribution in [3.05, 3.63) is 72.1 Å². The van der Waals surface area contributed by atoms with Gasteiger partial charge in [0.1, 0.15) is 0 Å². The van der Waals surface area contributed by atoms with Gasteiger partial charge in [-0.3, -0.25) is 9.20 Å². The minimum Gasteiger partial charge on any atom is -0.493 e. The fraction of sp³-hybridized carbons (Fsp3) is 0.0476. The molecular formula is C21H15N3O3S. The molecule has 2 aromatic carbocycles. The molecule has 3 aromatic heterocycles. The average Bonchev–Trinajstić information content (AvgIpc) is 3.41. The van der Waals surface area contributed by atoms with E-state index in [1.54, 1.807) is 30.6 Å². The molecule has 0 spiro atoms. The quantitative estimate of drug-likeness (QED) is 0.466. The molecule has 0 aliphatic carbocycles. The van der Waals surface area contributed by atoms with Crippen LogP contribution in [0.4, 0.5) is 5.69 Å². The van der Waals surface area contributed by atoms with E-state index >= 15 is 0 Å². The second-order valence-corrected chi connectivity index (χ2v) is 7.12. The van der Waals surface area contributed by atoms with Crippen LogP contribution in [0.15, 0.2) is 70.7 Å². The van der Waals surface area contributed by atoms with Crippen LogP contribution in [0.3, 0.4) is 0 Å². The van der Waals surface area contributed by atoms with Crippen molar-refractivity contribution in [3.8, 4) is 17.0 Å². The highest BCUT2D eigenvalue weighted by atomic mass is 32.1. The van der Waals surface area contributed by atoms with Crippen LogP contribution in [0.1, 0.15) is 10.6 Å². The van der Waals surface area contributed by atoms with Crippen LogP contribution >= 0.6 is 11.3 Å². The molecule has 5 aromatic rings. The van der Waals surface area contributed by atoms with Crippen LogP contribution in [0.25, 0.3) is 27.2 Å². The number of ether oxygens (including phenoxy) is 1. The van der Waals surface area contributed by atoms with Crippen LogP contribution in [0, 0.1) is 0 Å². The van der Waals surface area contributed by atoms with Crippen molar-refractivity contribution >= 4 is 38.9 Å². The Kier molecular flexibility index (Phi) is 3.87. The number of anilines is 1. The van der Waals surface area contributed by atoms with Crippen LogP contribution in [-0.2, 0) is 0 Å². The molecule has 7 heteroatoms. The van der Waals surface area contributed by atoms with Crippen LogP contribution in [0.2, 0.25) is 0 Å². The fourth-order valence-corrected chi connectivity index (χ4v) is 3.82. The zero-order valence-electron chi connectivity index (χ0n) is 14.9. The van der Waals surface area contributed by atoms with Gasteiger partial charge in [0, 0.05) is 34.4 Å². The van der Waals surface area contributed by atoms with E-state index in [9.17, 15) is 4.79 Å². The van der Waals surface area contributed by atoms with Gasteiger partial charge in [-0.05, 0) is 24.3 Å². The summed E-state index contributed by atoms with van der Waals surface area (Å²) in [5.41, 5.74) is 3.02. The number of aromatic nitrogens is 2. The first-order chi connectivity index (χ1) is 13.7. The van der Waals surface area contributed by atoms with E-state index in [-0.39, 0.29) is 11.7 Å². The molecule has 0 unspecified atom stereocenters. The summed E-state index contributed by atoms with van der Waals surface area (Å²) >= 11 is 1.58. The third kappa shape index (κ3) is 2.82. The standard InChI is InChI=1S/C21H15N3O3S/c1-26-17-7-3-5-14-11-18(27-19(14)17)20(25)22-15-6-2-4-13(10-15)16-12-24-8-9-28-21(24)23-16/h2-12H,1H3,(H,22,25). The van der Waals surface area contributed by atoms with Crippen molar-refractivity contribution in [2.75, 3.05) is 12.4 Å². The van der Waals surface area contributed by atoms with E-state index in [4.69, 9.17) is 9.15 Å². The fourth-order valence-electron chi connectivity index (χ4n) is 3.12. The molecular weight excluding hydrogens is 374 g/mol. The van der Waals surface area contributed by atoms with Gasteiger partial charge in [0.2, 0.25) is 0 Å². The summed E-state index contributed by atoms with van der Waals surface area (Å²) in [6, 6.07) is 14.8. The Balaban J connectivity index is 1.43. The SMILES string of the molecule is COc1cccc2cc(C(=O)Nc3cccc(-c4cn5ccsc5n4)c3)oc12. The first-order valence-electron chi connectivity index (χ1n) is 8.62. The molecule has 5 rings (SSSR count). The predicted molar refractivity (Wildman–Crippen MR) is 109 cm³/mol. The first kappa shape index (κ1) is 16.6. The number of hydrogen-bond acceptors (Lipinski definition) is 5. The lowest BCUT2D eigenvalue weighted by Gasteiger charge is -2.05. The van der Waals surface area contributed by atoms with Crippen molar-refractivity contribution in [2.45, 2.75) is 0 Å². The van der Waals surface area contributed by atoms with Gasteiger partial charge >= 0.3 is 0 Å². The van der Waals surface area contributed by atoms with Gasteiger partial charge in [0.25, 0.3) is 5.91 Å². The topological polar surface area (TPSA) is 68.8 Å². The Labute approximate surface area is 164 Å². The third-order valence-corrected chi connectivity index (χ3v) is 5.23. The number of methoxy groups -OCH3 is 1. The number of carbonyl (C=O) groups is 1. The Hall–Kier alpha value is -3.58. The lowest BCUT2D eigenvalue weighted by atomic mass is 10.1. The number of furan rings is 1. The molecule has 0 radical (unpaired) electrons. The van der Waals surface area contributed by atoms with Crippen molar-refractivity contribution in [1.29, 1.82) is 0 Å². The molecule has 0 atom stereocenters. The molecule has 0 aliphatic rings. The van der Waals surface area contributed by atoms with Gasteiger partial charge in [0.15, 0.2) is 22.1 Å². The summed E-state index contributed by atoms with van der Waals surface area (Å²) in [6.07, 6.45) is 3.94. The summed E-state index contributed by atoms with van der Waals surface area (Å²) in [7, 11) is 1.57. The van der Waals surface area contributed by atoms with E-state index in [0.717, 1.165) is 21.6 Å². The Morgan fingerprint density at radius 3 is 2.96 bits per heavy atom. The number of imidazole rings is 1. The second kappa shape index (κ2) is 6.54. The maximum atomic E-state index is 12.7. The van der Waals surface area contributed by atoms with Gasteiger partial charge in [0.05, 0.1) is 12.8 Å². The number of thiazole rings is 1. The molecule has 28 heavy (non-hydrogen) atoms. The minimum atomic E-state index is -0.318. The third-order valence-electron chi connectivity index (χ3n) is 4.46. The van der Waals surface area contributed by atoms with E-state index < -0.39 is 0 Å². The summed E-state index contributed by atoms with van der Waals surface area (Å²) in [4.78, 5) is 18.2. The highest BCUT2D eigenvalue weighted by molar-refractivity contribution is 7.15. The number of nitrogens with one attached hydrogen (secondary N) is 1. The molecule has 1 amide bonds. The number of carbonyl (C=O) groups excluding carboxylic acids is 1. The second-order valence-electron chi connectivity index (χ2n) is 6.24. The average molecular weight is 389 g/mol. The molecule has 6 nitrogen and oxygen atoms in total. The Morgan fingerprint density at radius 2 is 2.11 bits per heavy atom. The molecule has 0 saturated carbocycles. The number of para-hydroxylation sites is 1. The Morgan fingerprint density at radius 1 is 1.21 bits per heavy atom. The molecule has 0 bridgehead atoms. The summed E-state index contributed by atoms with van der Waals surface area (Å²) in [6.45, 7) is 0. The minimum absolute atomic E-state index is 0.229. The zero-order valence-corrected chi connectivity index (χ0v) is 15.7. The summed E-state index contributed by atoms with van der Waals surface area (Å²) < 4.78 is 13.0. The first-order valence-corrected chi connectivity index (χ1v) is 9.50. The van der Waals surface area contributed by atoms with E-state index in [0.29, 0.717) is 17.0 Å². The highest BCUT2D eigenvalue weighted by Gasteiger charge is 2.15. The van der Waals surface area contributed by atoms with Crippen LogP contribution < -0.4 is 10.1 Å². The Bertz CT molecular complexity index is 1290. The zero-order chi connectivity index (χ0) is 19.1. The van der Waals surface area contributed by atoms with Crippen molar-refractivity contribution in [1.82, 2.24) is 9.38 Å². The highest BCUT2D eigenvalue weighted by Crippen LogP contribution is 2.29. The molecule has 0 saturated heterocycles. The number of rotatable bonds is 4. The lowest BCUT2D eigenvalue weighted by molar-refractivity contribution is 0.0998. The lowest BCUT2D eigenvalue weighted by Crippen LogP contribution is -2.10. The van der Waals surface area contributed by atoms with Crippen LogP contribution in [0.5, 0.6) is 5.75 Å². The maximum absolute atomic E-state index is 12.7. The number of nitrogens with zero attached hydrogens (tertiary/aromatic N) is 2. The van der Waals surface area contributed by atoms with Gasteiger partial charge in [-0.15, -0.1) is 11.3 Å². The normalized spacial score (nSPS) is 11.2. The van der Waals surface area contributed by atoms with Gasteiger partial charge in [-0.1, -0.05) is 24.3 Å². The van der Waals surface area contributed by atoms with E-state index in [2.05, 4.69) is 10.3 Å². The smallest absolute Gasteiger partial charge is 0.291 e. The number of fused-ring (bicyclic) bond motifs is 2. The largest absolute Gasteiger partial charge is 0.493 e. The van der Waals surface area contributed by atoms with Crippen molar-refractivity contribution in [2.24, 2.45) is 0 Å². The summed E-state index contributed by atoms with van der Waals surface area (Å²) in [5.74, 6) is 0.506. The predicted octanol–water partition coefficient (Wildman–Crippen LogP) is 5.07. The molecule has 138 valence electrons. The summed E-state index contributed by atoms with van der Waals surface area (Å²) in [5, 5.41) is 5.70. The van der Waals surface area contributed by atoms with Gasteiger partial charge < -0.3 is 14.5 Å². The monoisotopic (exact) mass is 389 g/mol. The number of benzene rings is 2. The van der Waals surface area contributed by atoms with Crippen molar-refractivity contribution in [3.63, 3.8) is 0 Å². The van der Waals surface area contributed by atoms with Crippen LogP contribution in [-0.4, -0.2) is 22.4 Å². The van der Waals surface area contributed by atoms with Gasteiger partial charge in [-0.25, -0.2) is 4.98 Å². The molecule has 1 N–H and O–H groups in total. The number of amides is 1. The van der Waals surface area contributed by atoms with E-state index in [1.165, 1.54) is 0 Å². The molecule has 0 aliphatic heterocycles. The molecule has 0 fully saturated rings. The van der Waals surface area contributed by atoms with Crippen molar-refractivity contribution < 1.29 is 13.9 Å². The maximum Gasteiger partial charge on any atom is 0.291 e. The van der Waals surface area contributed by atoms with E-state index in [1.807, 2.05) is 58.6 Å². The number of hydrogen-bond donors (Lipinski definition) is 1.